The molecular weight excluding hydrogens is 463 g/mol. The Hall–Kier alpha value is -2.74. The highest BCUT2D eigenvalue weighted by atomic mass is 35.5. The molecule has 0 aromatic heterocycles. The number of esters is 1. The van der Waals surface area contributed by atoms with Crippen molar-refractivity contribution in [3.8, 4) is 0 Å². The van der Waals surface area contributed by atoms with Crippen molar-refractivity contribution in [1.82, 2.24) is 15.5 Å². The number of rotatable bonds is 6. The zero-order valence-electron chi connectivity index (χ0n) is 18.3. The van der Waals surface area contributed by atoms with Crippen LogP contribution in [0.15, 0.2) is 59.8 Å². The van der Waals surface area contributed by atoms with Gasteiger partial charge in [0.1, 0.15) is 0 Å². The molecule has 2 aliphatic heterocycles. The summed E-state index contributed by atoms with van der Waals surface area (Å²) in [4.78, 5) is 29.9. The Morgan fingerprint density at radius 2 is 1.85 bits per heavy atom. The van der Waals surface area contributed by atoms with Crippen molar-refractivity contribution in [2.45, 2.75) is 13.0 Å². The van der Waals surface area contributed by atoms with Crippen LogP contribution in [0.4, 0.5) is 10.5 Å². The first-order valence-corrected chi connectivity index (χ1v) is 11.7. The molecule has 0 bridgehead atoms. The first-order chi connectivity index (χ1) is 16.0. The summed E-state index contributed by atoms with van der Waals surface area (Å²) in [6, 6.07) is 13.9. The number of urea groups is 1. The Balaban J connectivity index is 1.57. The Kier molecular flexibility index (Phi) is 7.42. The van der Waals surface area contributed by atoms with Gasteiger partial charge in [0.2, 0.25) is 0 Å². The zero-order chi connectivity index (χ0) is 23.4. The van der Waals surface area contributed by atoms with Gasteiger partial charge in [-0.05, 0) is 36.8 Å². The van der Waals surface area contributed by atoms with Crippen LogP contribution in [0, 0.1) is 0 Å². The smallest absolute Gasteiger partial charge is 0.338 e. The Morgan fingerprint density at radius 1 is 1.09 bits per heavy atom. The molecule has 174 valence electrons. The van der Waals surface area contributed by atoms with Crippen molar-refractivity contribution in [3.05, 3.63) is 75.4 Å². The monoisotopic (exact) mass is 488 g/mol. The first kappa shape index (κ1) is 23.4. The van der Waals surface area contributed by atoms with Crippen LogP contribution >= 0.6 is 23.2 Å². The van der Waals surface area contributed by atoms with Crippen LogP contribution < -0.4 is 15.5 Å². The van der Waals surface area contributed by atoms with Gasteiger partial charge in [-0.2, -0.15) is 0 Å². The van der Waals surface area contributed by atoms with Crippen LogP contribution in [-0.2, 0) is 9.53 Å². The maximum absolute atomic E-state index is 13.0. The molecule has 2 N–H and O–H groups in total. The molecule has 2 amide bonds. The summed E-state index contributed by atoms with van der Waals surface area (Å²) >= 11 is 12.5. The molecule has 1 saturated heterocycles. The third-order valence-corrected chi connectivity index (χ3v) is 6.33. The minimum absolute atomic E-state index is 0.238. The predicted molar refractivity (Wildman–Crippen MR) is 130 cm³/mol. The third-order valence-electron chi connectivity index (χ3n) is 5.78. The number of carbonyl (C=O) groups excluding carboxylic acids is 2. The van der Waals surface area contributed by atoms with Gasteiger partial charge >= 0.3 is 12.0 Å². The lowest BCUT2D eigenvalue weighted by molar-refractivity contribution is -0.139. The molecule has 0 aliphatic carbocycles. The Labute approximate surface area is 203 Å². The van der Waals surface area contributed by atoms with Crippen LogP contribution in [0.5, 0.6) is 0 Å². The quantitative estimate of drug-likeness (QED) is 0.601. The average Bonchev–Trinajstić information content (AvgIpc) is 2.80. The van der Waals surface area contributed by atoms with Gasteiger partial charge in [-0.25, -0.2) is 9.59 Å². The van der Waals surface area contributed by atoms with Crippen molar-refractivity contribution in [2.75, 3.05) is 44.2 Å². The fraction of sp³-hybridized carbons (Fsp3) is 0.333. The van der Waals surface area contributed by atoms with Crippen LogP contribution in [0.25, 0.3) is 0 Å². The second kappa shape index (κ2) is 10.5. The number of halogens is 2. The van der Waals surface area contributed by atoms with Gasteiger partial charge in [-0.3, -0.25) is 4.90 Å². The van der Waals surface area contributed by atoms with E-state index in [9.17, 15) is 9.59 Å². The normalized spacial score (nSPS) is 19.2. The summed E-state index contributed by atoms with van der Waals surface area (Å²) in [5, 5.41) is 6.94. The molecule has 0 saturated carbocycles. The Bertz CT molecular complexity index is 1070. The SMILES string of the molecule is CCOC(=O)C1=C(CN2CCN(c3ccccc3Cl)CC2)NC(=O)N[C@H]1c1cccc(Cl)c1. The summed E-state index contributed by atoms with van der Waals surface area (Å²) in [6.07, 6.45) is 0. The highest BCUT2D eigenvalue weighted by Crippen LogP contribution is 2.30. The lowest BCUT2D eigenvalue weighted by atomic mass is 9.95. The molecule has 2 aromatic rings. The number of carbonyl (C=O) groups is 2. The van der Waals surface area contributed by atoms with E-state index in [0.717, 1.165) is 42.5 Å². The van der Waals surface area contributed by atoms with Gasteiger partial charge in [0.25, 0.3) is 0 Å². The number of piperazine rings is 1. The number of nitrogens with one attached hydrogen (secondary N) is 2. The standard InChI is InChI=1S/C24H26Cl2N4O3/c1-2-33-23(31)21-19(27-24(32)28-22(21)16-6-5-7-17(25)14-16)15-29-10-12-30(13-11-29)20-9-4-3-8-18(20)26/h3-9,14,22H,2,10-13,15H2,1H3,(H2,27,28,32)/t22-/m0/s1. The highest BCUT2D eigenvalue weighted by Gasteiger charge is 2.34. The van der Waals surface area contributed by atoms with Crippen LogP contribution in [0.3, 0.4) is 0 Å². The van der Waals surface area contributed by atoms with Crippen molar-refractivity contribution in [3.63, 3.8) is 0 Å². The van der Waals surface area contributed by atoms with Gasteiger partial charge in [0.05, 0.1) is 28.9 Å². The number of hydrogen-bond donors (Lipinski definition) is 2. The third kappa shape index (κ3) is 5.43. The van der Waals surface area contributed by atoms with Gasteiger partial charge in [0.15, 0.2) is 0 Å². The summed E-state index contributed by atoms with van der Waals surface area (Å²) in [5.74, 6) is -0.459. The highest BCUT2D eigenvalue weighted by molar-refractivity contribution is 6.33. The van der Waals surface area contributed by atoms with E-state index in [1.54, 1.807) is 25.1 Å². The number of nitrogens with zero attached hydrogens (tertiary/aromatic N) is 2. The maximum Gasteiger partial charge on any atom is 0.338 e. The number of hydrogen-bond acceptors (Lipinski definition) is 5. The minimum Gasteiger partial charge on any atom is -0.463 e. The fourth-order valence-electron chi connectivity index (χ4n) is 4.21. The number of ether oxygens (including phenoxy) is 1. The Morgan fingerprint density at radius 3 is 2.55 bits per heavy atom. The molecule has 33 heavy (non-hydrogen) atoms. The molecule has 1 atom stereocenters. The number of amides is 2. The predicted octanol–water partition coefficient (Wildman–Crippen LogP) is 3.99. The molecule has 2 heterocycles. The van der Waals surface area contributed by atoms with Crippen LogP contribution in [0.2, 0.25) is 10.0 Å². The fourth-order valence-corrected chi connectivity index (χ4v) is 4.66. The second-order valence-electron chi connectivity index (χ2n) is 7.91. The number of anilines is 1. The van der Waals surface area contributed by atoms with Gasteiger partial charge in [-0.1, -0.05) is 47.5 Å². The number of para-hydroxylation sites is 1. The van der Waals surface area contributed by atoms with Gasteiger partial charge < -0.3 is 20.3 Å². The number of benzene rings is 2. The maximum atomic E-state index is 13.0. The molecular formula is C24H26Cl2N4O3. The van der Waals surface area contributed by atoms with E-state index in [1.807, 2.05) is 30.3 Å². The van der Waals surface area contributed by atoms with Gasteiger partial charge in [0, 0.05) is 43.4 Å². The summed E-state index contributed by atoms with van der Waals surface area (Å²) < 4.78 is 5.34. The minimum atomic E-state index is -0.643. The van der Waals surface area contributed by atoms with Crippen LogP contribution in [-0.4, -0.2) is 56.2 Å². The molecule has 0 radical (unpaired) electrons. The topological polar surface area (TPSA) is 73.9 Å². The van der Waals surface area contributed by atoms with Crippen LogP contribution in [0.1, 0.15) is 18.5 Å². The lowest BCUT2D eigenvalue weighted by Gasteiger charge is -2.38. The molecule has 7 nitrogen and oxygen atoms in total. The molecule has 2 aliphatic rings. The molecule has 0 unspecified atom stereocenters. The van der Waals surface area contributed by atoms with E-state index in [4.69, 9.17) is 27.9 Å². The summed E-state index contributed by atoms with van der Waals surface area (Å²) in [7, 11) is 0. The molecule has 0 spiro atoms. The van der Waals surface area contributed by atoms with E-state index >= 15 is 0 Å². The molecule has 9 heteroatoms. The average molecular weight is 489 g/mol. The van der Waals surface area contributed by atoms with E-state index in [2.05, 4.69) is 20.4 Å². The summed E-state index contributed by atoms with van der Waals surface area (Å²) in [5.41, 5.74) is 2.68. The lowest BCUT2D eigenvalue weighted by Crippen LogP contribution is -2.51. The largest absolute Gasteiger partial charge is 0.463 e. The van der Waals surface area contributed by atoms with Crippen molar-refractivity contribution in [1.29, 1.82) is 0 Å². The molecule has 1 fully saturated rings. The zero-order valence-corrected chi connectivity index (χ0v) is 19.8. The van der Waals surface area contributed by atoms with E-state index in [0.29, 0.717) is 22.8 Å². The first-order valence-electron chi connectivity index (χ1n) is 10.9. The second-order valence-corrected chi connectivity index (χ2v) is 8.76. The van der Waals surface area contributed by atoms with E-state index < -0.39 is 12.0 Å². The van der Waals surface area contributed by atoms with Crippen molar-refractivity contribution >= 4 is 40.9 Å². The van der Waals surface area contributed by atoms with E-state index in [-0.39, 0.29) is 12.6 Å². The van der Waals surface area contributed by atoms with E-state index in [1.165, 1.54) is 0 Å². The molecule has 2 aromatic carbocycles. The summed E-state index contributed by atoms with van der Waals surface area (Å²) in [6.45, 7) is 5.52. The molecule has 4 rings (SSSR count). The van der Waals surface area contributed by atoms with Crippen molar-refractivity contribution < 1.29 is 14.3 Å². The van der Waals surface area contributed by atoms with Crippen molar-refractivity contribution in [2.24, 2.45) is 0 Å². The van der Waals surface area contributed by atoms with Gasteiger partial charge in [-0.15, -0.1) is 0 Å².